The van der Waals surface area contributed by atoms with Gasteiger partial charge in [0.05, 0.1) is 26.3 Å². The number of hydrogen-bond acceptors (Lipinski definition) is 6. The molecule has 0 bridgehead atoms. The lowest BCUT2D eigenvalue weighted by Crippen LogP contribution is -2.23. The van der Waals surface area contributed by atoms with Crippen LogP contribution in [0.2, 0.25) is 0 Å². The first-order valence-electron chi connectivity index (χ1n) is 11.0. The zero-order valence-corrected chi connectivity index (χ0v) is 19.5. The molecule has 0 aliphatic carbocycles. The van der Waals surface area contributed by atoms with Crippen LogP contribution in [-0.4, -0.2) is 46.2 Å². The van der Waals surface area contributed by atoms with Crippen molar-refractivity contribution >= 4 is 23.7 Å². The minimum atomic E-state index is -0.186. The molecule has 8 heteroatoms. The van der Waals surface area contributed by atoms with Crippen LogP contribution in [0.25, 0.3) is 6.08 Å². The van der Waals surface area contributed by atoms with Crippen molar-refractivity contribution in [2.24, 2.45) is 0 Å². The first kappa shape index (κ1) is 23.1. The predicted octanol–water partition coefficient (Wildman–Crippen LogP) is 3.94. The SMILES string of the molecule is COc1ccc(/C=C/C(=O)NCc2nnc(SCC3CCCO3)n2Cc2ccccc2)cc1. The maximum atomic E-state index is 12.4. The van der Waals surface area contributed by atoms with E-state index in [-0.39, 0.29) is 12.0 Å². The number of methoxy groups -OCH3 is 1. The molecule has 2 aromatic carbocycles. The smallest absolute Gasteiger partial charge is 0.244 e. The Bertz CT molecular complexity index is 1060. The van der Waals surface area contributed by atoms with Crippen molar-refractivity contribution in [1.82, 2.24) is 20.1 Å². The van der Waals surface area contributed by atoms with Gasteiger partial charge in [-0.25, -0.2) is 0 Å². The van der Waals surface area contributed by atoms with Gasteiger partial charge in [0, 0.05) is 18.4 Å². The highest BCUT2D eigenvalue weighted by Gasteiger charge is 2.19. The maximum absolute atomic E-state index is 12.4. The second kappa shape index (κ2) is 11.7. The molecule has 1 aliphatic rings. The molecule has 1 saturated heterocycles. The second-order valence-corrected chi connectivity index (χ2v) is 8.73. The largest absolute Gasteiger partial charge is 0.497 e. The fourth-order valence-corrected chi connectivity index (χ4v) is 4.56. The van der Waals surface area contributed by atoms with Gasteiger partial charge < -0.3 is 19.4 Å². The molecule has 1 aromatic heterocycles. The number of nitrogens with zero attached hydrogens (tertiary/aromatic N) is 3. The number of carbonyl (C=O) groups excluding carboxylic acids is 1. The van der Waals surface area contributed by atoms with Crippen molar-refractivity contribution in [1.29, 1.82) is 0 Å². The van der Waals surface area contributed by atoms with E-state index in [1.54, 1.807) is 24.9 Å². The molecular weight excluding hydrogens is 436 g/mol. The van der Waals surface area contributed by atoms with Gasteiger partial charge in [0.2, 0.25) is 5.91 Å². The van der Waals surface area contributed by atoms with Gasteiger partial charge in [-0.15, -0.1) is 10.2 Å². The third kappa shape index (κ3) is 6.69. The molecular formula is C25H28N4O3S. The monoisotopic (exact) mass is 464 g/mol. The summed E-state index contributed by atoms with van der Waals surface area (Å²) in [6.07, 6.45) is 5.76. The average Bonchev–Trinajstić information content (AvgIpc) is 3.51. The molecule has 0 spiro atoms. The zero-order chi connectivity index (χ0) is 22.9. The summed E-state index contributed by atoms with van der Waals surface area (Å²) < 4.78 is 13.0. The first-order chi connectivity index (χ1) is 16.2. The highest BCUT2D eigenvalue weighted by Crippen LogP contribution is 2.24. The molecule has 172 valence electrons. The van der Waals surface area contributed by atoms with Crippen LogP contribution in [0.15, 0.2) is 65.8 Å². The Morgan fingerprint density at radius 1 is 1.21 bits per heavy atom. The number of rotatable bonds is 10. The fraction of sp³-hybridized carbons (Fsp3) is 0.320. The summed E-state index contributed by atoms with van der Waals surface area (Å²) in [4.78, 5) is 12.4. The molecule has 1 aliphatic heterocycles. The Balaban J connectivity index is 1.40. The molecule has 33 heavy (non-hydrogen) atoms. The van der Waals surface area contributed by atoms with Crippen molar-refractivity contribution in [3.8, 4) is 5.75 Å². The van der Waals surface area contributed by atoms with Crippen LogP contribution in [0, 0.1) is 0 Å². The molecule has 3 aromatic rings. The minimum Gasteiger partial charge on any atom is -0.497 e. The van der Waals surface area contributed by atoms with Crippen LogP contribution in [0.5, 0.6) is 5.75 Å². The quantitative estimate of drug-likeness (QED) is 0.362. The van der Waals surface area contributed by atoms with Crippen molar-refractivity contribution in [3.05, 3.63) is 77.6 Å². The lowest BCUT2D eigenvalue weighted by atomic mass is 10.2. The Kier molecular flexibility index (Phi) is 8.16. The van der Waals surface area contributed by atoms with Gasteiger partial charge in [0.15, 0.2) is 11.0 Å². The van der Waals surface area contributed by atoms with Gasteiger partial charge in [-0.2, -0.15) is 0 Å². The van der Waals surface area contributed by atoms with E-state index in [0.717, 1.165) is 53.1 Å². The summed E-state index contributed by atoms with van der Waals surface area (Å²) >= 11 is 1.66. The van der Waals surface area contributed by atoms with Crippen LogP contribution < -0.4 is 10.1 Å². The average molecular weight is 465 g/mol. The number of amides is 1. The predicted molar refractivity (Wildman–Crippen MR) is 129 cm³/mol. The lowest BCUT2D eigenvalue weighted by Gasteiger charge is -2.12. The van der Waals surface area contributed by atoms with Gasteiger partial charge in [0.25, 0.3) is 0 Å². The maximum Gasteiger partial charge on any atom is 0.244 e. The molecule has 2 heterocycles. The van der Waals surface area contributed by atoms with Crippen molar-refractivity contribution in [2.45, 2.75) is 37.2 Å². The van der Waals surface area contributed by atoms with E-state index in [2.05, 4.69) is 32.2 Å². The number of ether oxygens (including phenoxy) is 2. The van der Waals surface area contributed by atoms with Crippen molar-refractivity contribution < 1.29 is 14.3 Å². The Hall–Kier alpha value is -3.10. The summed E-state index contributed by atoms with van der Waals surface area (Å²) in [5.74, 6) is 2.17. The molecule has 1 unspecified atom stereocenters. The second-order valence-electron chi connectivity index (χ2n) is 7.74. The highest BCUT2D eigenvalue weighted by molar-refractivity contribution is 7.99. The lowest BCUT2D eigenvalue weighted by molar-refractivity contribution is -0.116. The summed E-state index contributed by atoms with van der Waals surface area (Å²) in [6, 6.07) is 17.7. The highest BCUT2D eigenvalue weighted by atomic mass is 32.2. The van der Waals surface area contributed by atoms with E-state index >= 15 is 0 Å². The Labute approximate surface area is 198 Å². The number of thioether (sulfide) groups is 1. The van der Waals surface area contributed by atoms with Gasteiger partial charge in [-0.1, -0.05) is 54.2 Å². The standard InChI is InChI=1S/C25H28N4O3S/c1-31-21-12-9-19(10-13-21)11-14-24(30)26-16-23-27-28-25(33-18-22-8-5-15-32-22)29(23)17-20-6-3-2-4-7-20/h2-4,6-7,9-14,22H,5,8,15-18H2,1H3,(H,26,30)/b14-11+. The topological polar surface area (TPSA) is 78.3 Å². The third-order valence-electron chi connectivity index (χ3n) is 5.36. The Morgan fingerprint density at radius 2 is 2.03 bits per heavy atom. The Morgan fingerprint density at radius 3 is 2.76 bits per heavy atom. The molecule has 1 amide bonds. The molecule has 4 rings (SSSR count). The molecule has 0 radical (unpaired) electrons. The first-order valence-corrected chi connectivity index (χ1v) is 12.0. The van der Waals surface area contributed by atoms with Gasteiger partial charge in [-0.05, 0) is 42.2 Å². The van der Waals surface area contributed by atoms with E-state index in [1.165, 1.54) is 6.08 Å². The minimum absolute atomic E-state index is 0.186. The van der Waals surface area contributed by atoms with E-state index in [9.17, 15) is 4.79 Å². The van der Waals surface area contributed by atoms with Crippen LogP contribution in [0.1, 0.15) is 29.8 Å². The normalized spacial score (nSPS) is 15.7. The summed E-state index contributed by atoms with van der Waals surface area (Å²) in [7, 11) is 1.63. The number of hydrogen-bond donors (Lipinski definition) is 1. The van der Waals surface area contributed by atoms with Crippen LogP contribution in [-0.2, 0) is 22.6 Å². The van der Waals surface area contributed by atoms with E-state index < -0.39 is 0 Å². The zero-order valence-electron chi connectivity index (χ0n) is 18.6. The van der Waals surface area contributed by atoms with E-state index in [0.29, 0.717) is 13.1 Å². The van der Waals surface area contributed by atoms with Crippen LogP contribution in [0.3, 0.4) is 0 Å². The third-order valence-corrected chi connectivity index (χ3v) is 6.46. The number of nitrogens with one attached hydrogen (secondary N) is 1. The molecule has 1 N–H and O–H groups in total. The molecule has 1 fully saturated rings. The number of benzene rings is 2. The molecule has 0 saturated carbocycles. The van der Waals surface area contributed by atoms with Crippen molar-refractivity contribution in [3.63, 3.8) is 0 Å². The van der Waals surface area contributed by atoms with E-state index in [4.69, 9.17) is 9.47 Å². The summed E-state index contributed by atoms with van der Waals surface area (Å²) in [6.45, 7) is 1.78. The number of carbonyl (C=O) groups is 1. The van der Waals surface area contributed by atoms with Gasteiger partial charge in [-0.3, -0.25) is 4.79 Å². The number of aromatic nitrogens is 3. The fourth-order valence-electron chi connectivity index (χ4n) is 3.54. The van der Waals surface area contributed by atoms with Gasteiger partial charge >= 0.3 is 0 Å². The van der Waals surface area contributed by atoms with Gasteiger partial charge in [0.1, 0.15) is 5.75 Å². The van der Waals surface area contributed by atoms with Crippen LogP contribution in [0.4, 0.5) is 0 Å². The molecule has 1 atom stereocenters. The summed E-state index contributed by atoms with van der Waals surface area (Å²) in [5.41, 5.74) is 2.08. The van der Waals surface area contributed by atoms with Crippen molar-refractivity contribution in [2.75, 3.05) is 19.5 Å². The summed E-state index contributed by atoms with van der Waals surface area (Å²) in [5, 5.41) is 12.5. The molecule has 7 nitrogen and oxygen atoms in total. The van der Waals surface area contributed by atoms with E-state index in [1.807, 2.05) is 42.5 Å². The van der Waals surface area contributed by atoms with Crippen LogP contribution >= 0.6 is 11.8 Å².